The Balaban J connectivity index is 1.57. The highest BCUT2D eigenvalue weighted by Crippen LogP contribution is 2.29. The van der Waals surface area contributed by atoms with Crippen LogP contribution in [-0.4, -0.2) is 31.6 Å². The average molecular weight is 347 g/mol. The Bertz CT molecular complexity index is 1020. The van der Waals surface area contributed by atoms with E-state index >= 15 is 0 Å². The van der Waals surface area contributed by atoms with Crippen molar-refractivity contribution in [1.29, 1.82) is 0 Å². The number of methoxy groups -OCH3 is 1. The first-order chi connectivity index (χ1) is 12.8. The third kappa shape index (κ3) is 3.06. The van der Waals surface area contributed by atoms with Crippen molar-refractivity contribution < 1.29 is 4.74 Å². The molecule has 26 heavy (non-hydrogen) atoms. The highest BCUT2D eigenvalue weighted by atomic mass is 16.5. The Morgan fingerprint density at radius 1 is 1.12 bits per heavy atom. The summed E-state index contributed by atoms with van der Waals surface area (Å²) in [6.45, 7) is 3.10. The van der Waals surface area contributed by atoms with Crippen molar-refractivity contribution in [2.75, 3.05) is 7.11 Å². The zero-order valence-electron chi connectivity index (χ0n) is 14.9. The van der Waals surface area contributed by atoms with Gasteiger partial charge in [0.15, 0.2) is 5.65 Å². The fraction of sp³-hybridized carbons (Fsp3) is 0.250. The van der Waals surface area contributed by atoms with Crippen LogP contribution in [0.5, 0.6) is 5.75 Å². The number of hydrogen-bond donors (Lipinski definition) is 1. The number of hydrogen-bond acceptors (Lipinski definition) is 4. The van der Waals surface area contributed by atoms with E-state index in [0.717, 1.165) is 41.3 Å². The van der Waals surface area contributed by atoms with E-state index in [1.165, 1.54) is 5.56 Å². The van der Waals surface area contributed by atoms with E-state index in [2.05, 4.69) is 37.5 Å². The summed E-state index contributed by atoms with van der Waals surface area (Å²) in [5, 5.41) is 0. The van der Waals surface area contributed by atoms with Crippen LogP contribution in [0.1, 0.15) is 12.5 Å². The first-order valence-corrected chi connectivity index (χ1v) is 8.67. The monoisotopic (exact) mass is 347 g/mol. The number of nitrogens with one attached hydrogen (secondary N) is 1. The fourth-order valence-electron chi connectivity index (χ4n) is 3.37. The Morgan fingerprint density at radius 3 is 2.88 bits per heavy atom. The van der Waals surface area contributed by atoms with Gasteiger partial charge in [0.1, 0.15) is 17.1 Å². The van der Waals surface area contributed by atoms with E-state index in [4.69, 9.17) is 4.74 Å². The van der Waals surface area contributed by atoms with Crippen LogP contribution in [0.3, 0.4) is 0 Å². The summed E-state index contributed by atoms with van der Waals surface area (Å²) in [7, 11) is 1.69. The van der Waals surface area contributed by atoms with Crippen LogP contribution in [0.25, 0.3) is 22.6 Å². The standard InChI is InChI=1S/C20H21N5O/c1-14(11-15-7-8-21-19-18(15)23-13-24-19)12-25-10-9-22-20(25)16-5-3-4-6-17(16)26-2/h3-10,13-14H,11-12H2,1-2H3,(H,21,23,24). The molecule has 132 valence electrons. The maximum Gasteiger partial charge on any atom is 0.157 e. The average Bonchev–Trinajstić information content (AvgIpc) is 3.31. The van der Waals surface area contributed by atoms with Gasteiger partial charge in [-0.25, -0.2) is 15.0 Å². The lowest BCUT2D eigenvalue weighted by Crippen LogP contribution is -2.11. The third-order valence-electron chi connectivity index (χ3n) is 4.54. The molecule has 6 heteroatoms. The van der Waals surface area contributed by atoms with Crippen molar-refractivity contribution in [2.45, 2.75) is 19.9 Å². The maximum atomic E-state index is 5.49. The lowest BCUT2D eigenvalue weighted by molar-refractivity contribution is 0.415. The molecule has 0 amide bonds. The number of rotatable bonds is 6. The number of aromatic amines is 1. The predicted octanol–water partition coefficient (Wildman–Crippen LogP) is 3.71. The normalized spacial score (nSPS) is 12.4. The largest absolute Gasteiger partial charge is 0.496 e. The quantitative estimate of drug-likeness (QED) is 0.577. The third-order valence-corrected chi connectivity index (χ3v) is 4.54. The van der Waals surface area contributed by atoms with E-state index in [0.29, 0.717) is 5.92 Å². The van der Waals surface area contributed by atoms with Crippen molar-refractivity contribution in [3.05, 3.63) is 60.8 Å². The van der Waals surface area contributed by atoms with Gasteiger partial charge in [0.05, 0.1) is 19.0 Å². The molecule has 4 aromatic rings. The lowest BCUT2D eigenvalue weighted by Gasteiger charge is -2.16. The molecule has 4 rings (SSSR count). The zero-order chi connectivity index (χ0) is 17.9. The van der Waals surface area contributed by atoms with Crippen molar-refractivity contribution >= 4 is 11.2 Å². The van der Waals surface area contributed by atoms with Gasteiger partial charge in [-0.1, -0.05) is 19.1 Å². The van der Waals surface area contributed by atoms with E-state index in [1.54, 1.807) is 13.4 Å². The Hall–Kier alpha value is -3.15. The van der Waals surface area contributed by atoms with Crippen molar-refractivity contribution in [3.63, 3.8) is 0 Å². The number of para-hydroxylation sites is 1. The molecule has 0 saturated heterocycles. The van der Waals surface area contributed by atoms with Gasteiger partial charge in [0, 0.05) is 25.1 Å². The summed E-state index contributed by atoms with van der Waals surface area (Å²) in [6, 6.07) is 10.0. The molecule has 0 fully saturated rings. The van der Waals surface area contributed by atoms with E-state index in [9.17, 15) is 0 Å². The molecule has 0 bridgehead atoms. The van der Waals surface area contributed by atoms with E-state index < -0.39 is 0 Å². The number of benzene rings is 1. The number of ether oxygens (including phenoxy) is 1. The second kappa shape index (κ2) is 7.00. The molecular weight excluding hydrogens is 326 g/mol. The van der Waals surface area contributed by atoms with Crippen LogP contribution in [0.15, 0.2) is 55.2 Å². The van der Waals surface area contributed by atoms with Gasteiger partial charge in [-0.3, -0.25) is 0 Å². The first kappa shape index (κ1) is 16.3. The second-order valence-corrected chi connectivity index (χ2v) is 6.48. The number of H-pyrrole nitrogens is 1. The number of aromatic nitrogens is 5. The van der Waals surface area contributed by atoms with Gasteiger partial charge >= 0.3 is 0 Å². The van der Waals surface area contributed by atoms with Gasteiger partial charge in [-0.15, -0.1) is 0 Å². The van der Waals surface area contributed by atoms with Gasteiger partial charge < -0.3 is 14.3 Å². The summed E-state index contributed by atoms with van der Waals surface area (Å²) in [4.78, 5) is 16.3. The minimum absolute atomic E-state index is 0.417. The second-order valence-electron chi connectivity index (χ2n) is 6.48. The zero-order valence-corrected chi connectivity index (χ0v) is 14.9. The molecule has 1 unspecified atom stereocenters. The SMILES string of the molecule is COc1ccccc1-c1nccn1CC(C)Cc1ccnc2[nH]cnc12. The number of imidazole rings is 2. The Kier molecular flexibility index (Phi) is 4.39. The van der Waals surface area contributed by atoms with Gasteiger partial charge in [-0.2, -0.15) is 0 Å². The molecule has 0 aliphatic carbocycles. The lowest BCUT2D eigenvalue weighted by atomic mass is 10.0. The molecule has 1 N–H and O–H groups in total. The summed E-state index contributed by atoms with van der Waals surface area (Å²) >= 11 is 0. The molecule has 0 saturated carbocycles. The van der Waals surface area contributed by atoms with Crippen LogP contribution in [-0.2, 0) is 13.0 Å². The number of fused-ring (bicyclic) bond motifs is 1. The molecule has 3 heterocycles. The molecule has 0 aliphatic rings. The van der Waals surface area contributed by atoms with Crippen LogP contribution in [0, 0.1) is 5.92 Å². The van der Waals surface area contributed by atoms with E-state index in [1.807, 2.05) is 42.9 Å². The molecule has 1 atom stereocenters. The van der Waals surface area contributed by atoms with Crippen LogP contribution < -0.4 is 4.74 Å². The number of nitrogens with zero attached hydrogens (tertiary/aromatic N) is 4. The van der Waals surface area contributed by atoms with Crippen LogP contribution >= 0.6 is 0 Å². The van der Waals surface area contributed by atoms with E-state index in [-0.39, 0.29) is 0 Å². The van der Waals surface area contributed by atoms with Gasteiger partial charge in [0.2, 0.25) is 0 Å². The summed E-state index contributed by atoms with van der Waals surface area (Å²) in [5.41, 5.74) is 4.01. The van der Waals surface area contributed by atoms with Crippen molar-refractivity contribution in [2.24, 2.45) is 5.92 Å². The highest BCUT2D eigenvalue weighted by molar-refractivity contribution is 5.73. The summed E-state index contributed by atoms with van der Waals surface area (Å²) in [5.74, 6) is 2.17. The topological polar surface area (TPSA) is 68.6 Å². The molecule has 3 aromatic heterocycles. The van der Waals surface area contributed by atoms with Crippen molar-refractivity contribution in [3.8, 4) is 17.1 Å². The predicted molar refractivity (Wildman–Crippen MR) is 101 cm³/mol. The van der Waals surface area contributed by atoms with Crippen molar-refractivity contribution in [1.82, 2.24) is 24.5 Å². The van der Waals surface area contributed by atoms with Gasteiger partial charge in [0.25, 0.3) is 0 Å². The summed E-state index contributed by atoms with van der Waals surface area (Å²) < 4.78 is 7.68. The maximum absolute atomic E-state index is 5.49. The molecule has 0 spiro atoms. The highest BCUT2D eigenvalue weighted by Gasteiger charge is 2.14. The number of pyridine rings is 1. The Labute approximate surface area is 151 Å². The minimum Gasteiger partial charge on any atom is -0.496 e. The fourth-order valence-corrected chi connectivity index (χ4v) is 3.37. The smallest absolute Gasteiger partial charge is 0.157 e. The molecule has 0 radical (unpaired) electrons. The molecule has 1 aromatic carbocycles. The van der Waals surface area contributed by atoms with Crippen LogP contribution in [0.4, 0.5) is 0 Å². The minimum atomic E-state index is 0.417. The molecule has 6 nitrogen and oxygen atoms in total. The first-order valence-electron chi connectivity index (χ1n) is 8.67. The molecular formula is C20H21N5O. The summed E-state index contributed by atoms with van der Waals surface area (Å²) in [6.07, 6.45) is 8.32. The van der Waals surface area contributed by atoms with Crippen LogP contribution in [0.2, 0.25) is 0 Å². The van der Waals surface area contributed by atoms with Gasteiger partial charge in [-0.05, 0) is 36.1 Å². The Morgan fingerprint density at radius 2 is 2.00 bits per heavy atom. The molecule has 0 aliphatic heterocycles.